The van der Waals surface area contributed by atoms with Crippen molar-refractivity contribution >= 4 is 21.4 Å². The van der Waals surface area contributed by atoms with E-state index in [1.54, 1.807) is 7.05 Å². The van der Waals surface area contributed by atoms with E-state index in [0.717, 1.165) is 16.9 Å². The van der Waals surface area contributed by atoms with Crippen molar-refractivity contribution in [2.24, 2.45) is 0 Å². The molecule has 1 N–H and O–H groups in total. The van der Waals surface area contributed by atoms with E-state index in [0.29, 0.717) is 18.0 Å². The Kier molecular flexibility index (Phi) is 6.01. The average Bonchev–Trinajstić information content (AvgIpc) is 2.71. The number of hydrogen-bond acceptors (Lipinski definition) is 4. The summed E-state index contributed by atoms with van der Waals surface area (Å²) >= 11 is 1.46. The normalized spacial score (nSPS) is 11.7. The van der Waals surface area contributed by atoms with Gasteiger partial charge in [-0.3, -0.25) is 0 Å². The van der Waals surface area contributed by atoms with E-state index in [2.05, 4.69) is 11.2 Å². The third-order valence-corrected chi connectivity index (χ3v) is 5.97. The number of nitrogens with one attached hydrogen (secondary N) is 1. The van der Waals surface area contributed by atoms with Gasteiger partial charge in [0.25, 0.3) is 0 Å². The minimum atomic E-state index is -3.50. The van der Waals surface area contributed by atoms with E-state index in [-0.39, 0.29) is 6.54 Å². The van der Waals surface area contributed by atoms with Crippen LogP contribution in [0.4, 0.5) is 0 Å². The lowest BCUT2D eigenvalue weighted by Crippen LogP contribution is -2.33. The van der Waals surface area contributed by atoms with Crippen molar-refractivity contribution in [2.75, 3.05) is 20.1 Å². The van der Waals surface area contributed by atoms with Crippen LogP contribution in [0.15, 0.2) is 10.3 Å². The molecule has 0 unspecified atom stereocenters. The predicted octanol–water partition coefficient (Wildman–Crippen LogP) is 1.81. The third kappa shape index (κ3) is 3.57. The molecule has 19 heavy (non-hydrogen) atoms. The molecule has 0 aliphatic rings. The van der Waals surface area contributed by atoms with Gasteiger partial charge in [0.2, 0.25) is 10.0 Å². The number of aryl methyl sites for hydroxylation is 1. The predicted molar refractivity (Wildman–Crippen MR) is 79.7 cm³/mol. The third-order valence-electron chi connectivity index (χ3n) is 2.67. The molecule has 0 aliphatic carbocycles. The van der Waals surface area contributed by atoms with Crippen molar-refractivity contribution in [3.63, 3.8) is 0 Å². The minimum Gasteiger partial charge on any atom is -0.315 e. The van der Waals surface area contributed by atoms with Crippen LogP contribution in [0.25, 0.3) is 0 Å². The number of thiophene rings is 1. The van der Waals surface area contributed by atoms with Gasteiger partial charge >= 0.3 is 0 Å². The first-order valence-electron chi connectivity index (χ1n) is 6.14. The van der Waals surface area contributed by atoms with Crippen LogP contribution in [0.5, 0.6) is 0 Å². The highest BCUT2D eigenvalue weighted by atomic mass is 32.2. The lowest BCUT2D eigenvalue weighted by atomic mass is 10.3. The van der Waals surface area contributed by atoms with Crippen molar-refractivity contribution in [1.29, 1.82) is 0 Å². The van der Waals surface area contributed by atoms with Gasteiger partial charge in [0.05, 0.1) is 6.54 Å². The fraction of sp³-hybridized carbons (Fsp3) is 0.538. The van der Waals surface area contributed by atoms with Crippen LogP contribution in [0.2, 0.25) is 0 Å². The Hall–Kier alpha value is -0.870. The van der Waals surface area contributed by atoms with Crippen molar-refractivity contribution in [2.45, 2.75) is 31.7 Å². The highest BCUT2D eigenvalue weighted by molar-refractivity contribution is 7.89. The summed E-state index contributed by atoms with van der Waals surface area (Å²) in [6, 6.07) is 0. The van der Waals surface area contributed by atoms with Crippen LogP contribution in [0.1, 0.15) is 23.8 Å². The molecule has 0 bridgehead atoms. The first-order chi connectivity index (χ1) is 8.98. The van der Waals surface area contributed by atoms with Gasteiger partial charge in [-0.05, 0) is 31.3 Å². The van der Waals surface area contributed by atoms with Gasteiger partial charge < -0.3 is 5.32 Å². The van der Waals surface area contributed by atoms with Gasteiger partial charge in [-0.15, -0.1) is 17.8 Å². The number of nitrogens with zero attached hydrogens (tertiary/aromatic N) is 1. The molecule has 0 fully saturated rings. The van der Waals surface area contributed by atoms with Crippen LogP contribution in [-0.2, 0) is 16.6 Å². The second-order valence-corrected chi connectivity index (χ2v) is 7.08. The molecule has 1 aromatic heterocycles. The zero-order valence-electron chi connectivity index (χ0n) is 11.6. The summed E-state index contributed by atoms with van der Waals surface area (Å²) in [6.07, 6.45) is 6.02. The van der Waals surface area contributed by atoms with Crippen LogP contribution in [0, 0.1) is 19.3 Å². The number of sulfonamides is 1. The highest BCUT2D eigenvalue weighted by Crippen LogP contribution is 2.29. The van der Waals surface area contributed by atoms with Gasteiger partial charge in [0.1, 0.15) is 4.90 Å². The van der Waals surface area contributed by atoms with Crippen LogP contribution < -0.4 is 5.32 Å². The monoisotopic (exact) mass is 300 g/mol. The van der Waals surface area contributed by atoms with Crippen LogP contribution in [0.3, 0.4) is 0 Å². The molecule has 106 valence electrons. The zero-order valence-corrected chi connectivity index (χ0v) is 13.2. The molecule has 0 radical (unpaired) electrons. The summed E-state index contributed by atoms with van der Waals surface area (Å²) in [7, 11) is -1.70. The number of rotatable bonds is 7. The van der Waals surface area contributed by atoms with Gasteiger partial charge in [0.15, 0.2) is 0 Å². The van der Waals surface area contributed by atoms with Gasteiger partial charge in [-0.1, -0.05) is 12.8 Å². The molecule has 0 atom stereocenters. The Morgan fingerprint density at radius 3 is 2.74 bits per heavy atom. The van der Waals surface area contributed by atoms with Crippen LogP contribution >= 0.6 is 11.3 Å². The molecule has 0 spiro atoms. The highest BCUT2D eigenvalue weighted by Gasteiger charge is 2.28. The van der Waals surface area contributed by atoms with E-state index in [1.807, 2.05) is 19.2 Å². The maximum atomic E-state index is 12.7. The molecule has 0 saturated carbocycles. The van der Waals surface area contributed by atoms with Crippen molar-refractivity contribution in [3.05, 3.63) is 15.8 Å². The Balaban J connectivity index is 3.25. The molecule has 1 rings (SSSR count). The minimum absolute atomic E-state index is 0.116. The Bertz CT molecular complexity index is 556. The molecule has 0 aromatic carbocycles. The summed E-state index contributed by atoms with van der Waals surface area (Å²) in [5.74, 6) is 2.43. The Morgan fingerprint density at radius 1 is 1.53 bits per heavy atom. The van der Waals surface area contributed by atoms with E-state index >= 15 is 0 Å². The van der Waals surface area contributed by atoms with Gasteiger partial charge in [0, 0.05) is 18.0 Å². The molecule has 6 heteroatoms. The fourth-order valence-corrected chi connectivity index (χ4v) is 5.10. The molecular weight excluding hydrogens is 280 g/mol. The molecular formula is C13H20N2O2S2. The first-order valence-corrected chi connectivity index (χ1v) is 8.46. The first kappa shape index (κ1) is 16.2. The fourth-order valence-electron chi connectivity index (χ4n) is 1.88. The van der Waals surface area contributed by atoms with Gasteiger partial charge in [-0.2, -0.15) is 4.31 Å². The van der Waals surface area contributed by atoms with Crippen molar-refractivity contribution < 1.29 is 8.42 Å². The SMILES string of the molecule is C#CCN(CCC)S(=O)(=O)c1c(C)csc1CNC. The molecule has 0 aliphatic heterocycles. The van der Waals surface area contributed by atoms with Crippen molar-refractivity contribution in [1.82, 2.24) is 9.62 Å². The molecule has 4 nitrogen and oxygen atoms in total. The maximum Gasteiger partial charge on any atom is 0.245 e. The molecule has 1 aromatic rings. The average molecular weight is 300 g/mol. The Labute approximate surface area is 119 Å². The lowest BCUT2D eigenvalue weighted by molar-refractivity contribution is 0.445. The Morgan fingerprint density at radius 2 is 2.21 bits per heavy atom. The smallest absolute Gasteiger partial charge is 0.245 e. The summed E-state index contributed by atoms with van der Waals surface area (Å²) in [4.78, 5) is 1.24. The van der Waals surface area contributed by atoms with Gasteiger partial charge in [-0.25, -0.2) is 8.42 Å². The molecule has 0 saturated heterocycles. The summed E-state index contributed by atoms with van der Waals surface area (Å²) in [5.41, 5.74) is 0.786. The van der Waals surface area contributed by atoms with Crippen LogP contribution in [-0.4, -0.2) is 32.9 Å². The summed E-state index contributed by atoms with van der Waals surface area (Å²) < 4.78 is 26.8. The summed E-state index contributed by atoms with van der Waals surface area (Å²) in [5, 5.41) is 4.87. The second-order valence-electron chi connectivity index (χ2n) is 4.24. The standard InChI is InChI=1S/C13H20N2O2S2/c1-5-7-15(8-6-2)19(16,17)13-11(3)10-18-12(13)9-14-4/h1,10,14H,6-9H2,2-4H3. The quantitative estimate of drug-likeness (QED) is 0.781. The molecule has 1 heterocycles. The van der Waals surface area contributed by atoms with E-state index in [4.69, 9.17) is 6.42 Å². The van der Waals surface area contributed by atoms with E-state index in [9.17, 15) is 8.42 Å². The zero-order chi connectivity index (χ0) is 14.5. The van der Waals surface area contributed by atoms with E-state index in [1.165, 1.54) is 15.6 Å². The second kappa shape index (κ2) is 7.06. The van der Waals surface area contributed by atoms with E-state index < -0.39 is 10.0 Å². The van der Waals surface area contributed by atoms with Crippen molar-refractivity contribution in [3.8, 4) is 12.3 Å². The number of hydrogen-bond donors (Lipinski definition) is 1. The maximum absolute atomic E-state index is 12.7. The topological polar surface area (TPSA) is 49.4 Å². The largest absolute Gasteiger partial charge is 0.315 e. The summed E-state index contributed by atoms with van der Waals surface area (Å²) in [6.45, 7) is 4.87. The lowest BCUT2D eigenvalue weighted by Gasteiger charge is -2.20. The number of terminal acetylenes is 1. The molecule has 0 amide bonds.